The predicted molar refractivity (Wildman–Crippen MR) is 65.5 cm³/mol. The number of carbonyl (C=O) groups is 2. The molecule has 0 saturated carbocycles. The maximum atomic E-state index is 12.3. The first-order chi connectivity index (χ1) is 9.26. The van der Waals surface area contributed by atoms with E-state index in [1.807, 2.05) is 0 Å². The summed E-state index contributed by atoms with van der Waals surface area (Å²) in [6.45, 7) is 0. The number of carbonyl (C=O) groups excluding carboxylic acids is 2. The van der Waals surface area contributed by atoms with Crippen molar-refractivity contribution in [3.05, 3.63) is 35.3 Å². The van der Waals surface area contributed by atoms with Crippen LogP contribution in [-0.2, 0) is 20.7 Å². The van der Waals surface area contributed by atoms with Crippen LogP contribution in [0.2, 0.25) is 0 Å². The van der Waals surface area contributed by atoms with E-state index in [-0.39, 0.29) is 24.4 Å². The smallest absolute Gasteiger partial charge is 0.317 e. The van der Waals surface area contributed by atoms with Crippen molar-refractivity contribution in [3.8, 4) is 0 Å². The molecule has 3 atom stereocenters. The van der Waals surface area contributed by atoms with E-state index in [1.54, 1.807) is 12.5 Å². The molecule has 1 fully saturated rings. The van der Waals surface area contributed by atoms with Gasteiger partial charge in [-0.2, -0.15) is 0 Å². The van der Waals surface area contributed by atoms with E-state index in [0.29, 0.717) is 6.42 Å². The summed E-state index contributed by atoms with van der Waals surface area (Å²) in [5, 5.41) is 0. The minimum Gasteiger partial charge on any atom is -0.472 e. The van der Waals surface area contributed by atoms with Crippen LogP contribution in [0.3, 0.4) is 0 Å². The molecule has 0 amide bonds. The second kappa shape index (κ2) is 3.59. The van der Waals surface area contributed by atoms with Crippen molar-refractivity contribution >= 4 is 12.3 Å². The minimum atomic E-state index is -0.778. The zero-order valence-corrected chi connectivity index (χ0v) is 10.4. The Bertz CT molecular complexity index is 597. The molecule has 0 unspecified atom stereocenters. The van der Waals surface area contributed by atoms with E-state index in [9.17, 15) is 9.59 Å². The van der Waals surface area contributed by atoms with Gasteiger partial charge in [0.05, 0.1) is 12.5 Å². The molecule has 3 aliphatic rings. The van der Waals surface area contributed by atoms with Crippen molar-refractivity contribution in [3.63, 3.8) is 0 Å². The van der Waals surface area contributed by atoms with Gasteiger partial charge in [0, 0.05) is 17.9 Å². The van der Waals surface area contributed by atoms with Gasteiger partial charge in [0.25, 0.3) is 0 Å². The van der Waals surface area contributed by atoms with Crippen molar-refractivity contribution in [2.45, 2.75) is 37.7 Å². The lowest BCUT2D eigenvalue weighted by Crippen LogP contribution is -2.31. The summed E-state index contributed by atoms with van der Waals surface area (Å²) in [4.78, 5) is 23.4. The van der Waals surface area contributed by atoms with Crippen molar-refractivity contribution < 1.29 is 18.7 Å². The van der Waals surface area contributed by atoms with Crippen LogP contribution < -0.4 is 0 Å². The van der Waals surface area contributed by atoms with E-state index in [1.165, 1.54) is 0 Å². The Labute approximate surface area is 110 Å². The van der Waals surface area contributed by atoms with Crippen LogP contribution in [0, 0.1) is 5.41 Å². The molecule has 2 heterocycles. The summed E-state index contributed by atoms with van der Waals surface area (Å²) in [6.07, 6.45) is 8.85. The number of furan rings is 1. The summed E-state index contributed by atoms with van der Waals surface area (Å²) in [5.41, 5.74) is 2.45. The molecule has 1 aromatic heterocycles. The quantitative estimate of drug-likeness (QED) is 0.463. The zero-order chi connectivity index (χ0) is 13.0. The second-order valence-electron chi connectivity index (χ2n) is 5.65. The van der Waals surface area contributed by atoms with E-state index in [4.69, 9.17) is 9.15 Å². The van der Waals surface area contributed by atoms with Crippen LogP contribution in [0.1, 0.15) is 36.3 Å². The molecule has 0 aromatic carbocycles. The van der Waals surface area contributed by atoms with Crippen molar-refractivity contribution in [1.82, 2.24) is 0 Å². The summed E-state index contributed by atoms with van der Waals surface area (Å²) in [5.74, 6) is -0.0525. The van der Waals surface area contributed by atoms with Crippen LogP contribution in [0.15, 0.2) is 28.6 Å². The van der Waals surface area contributed by atoms with Gasteiger partial charge in [-0.1, -0.05) is 6.08 Å². The Morgan fingerprint density at radius 2 is 2.32 bits per heavy atom. The zero-order valence-electron chi connectivity index (χ0n) is 10.4. The van der Waals surface area contributed by atoms with E-state index < -0.39 is 5.41 Å². The number of hydrogen-bond donors (Lipinski definition) is 0. The van der Waals surface area contributed by atoms with Crippen LogP contribution in [0.4, 0.5) is 0 Å². The van der Waals surface area contributed by atoms with Crippen LogP contribution in [0.5, 0.6) is 0 Å². The second-order valence-corrected chi connectivity index (χ2v) is 5.65. The third-order valence-corrected chi connectivity index (χ3v) is 4.79. The van der Waals surface area contributed by atoms with E-state index in [2.05, 4.69) is 6.08 Å². The molecule has 0 radical (unpaired) electrons. The van der Waals surface area contributed by atoms with Gasteiger partial charge in [-0.15, -0.1) is 0 Å². The monoisotopic (exact) mass is 258 g/mol. The molecular formula is C15H14O4. The Morgan fingerprint density at radius 3 is 3.16 bits per heavy atom. The van der Waals surface area contributed by atoms with Crippen molar-refractivity contribution in [1.29, 1.82) is 0 Å². The SMILES string of the molecule is O=CC[C@@]12Cc3cocc3[C@H]3CCC=C1[C@@H]3OC2=O. The number of fused-ring (bicyclic) bond motifs is 2. The van der Waals surface area contributed by atoms with Crippen LogP contribution in [-0.4, -0.2) is 18.4 Å². The fourth-order valence-corrected chi connectivity index (χ4v) is 3.90. The summed E-state index contributed by atoms with van der Waals surface area (Å²) >= 11 is 0. The Morgan fingerprint density at radius 1 is 1.42 bits per heavy atom. The molecule has 0 N–H and O–H groups in total. The first kappa shape index (κ1) is 11.0. The molecule has 0 spiro atoms. The molecule has 2 aliphatic carbocycles. The van der Waals surface area contributed by atoms with E-state index in [0.717, 1.165) is 35.8 Å². The first-order valence-electron chi connectivity index (χ1n) is 6.66. The third kappa shape index (κ3) is 1.24. The topological polar surface area (TPSA) is 56.5 Å². The Kier molecular flexibility index (Phi) is 2.08. The summed E-state index contributed by atoms with van der Waals surface area (Å²) in [6, 6.07) is 0. The highest BCUT2D eigenvalue weighted by Gasteiger charge is 2.58. The summed E-state index contributed by atoms with van der Waals surface area (Å²) < 4.78 is 10.9. The molecule has 4 heteroatoms. The van der Waals surface area contributed by atoms with Gasteiger partial charge in [0.1, 0.15) is 17.8 Å². The molecule has 1 aliphatic heterocycles. The highest BCUT2D eigenvalue weighted by Crippen LogP contribution is 2.55. The Hall–Kier alpha value is -1.84. The van der Waals surface area contributed by atoms with E-state index >= 15 is 0 Å². The van der Waals surface area contributed by atoms with Gasteiger partial charge in [-0.3, -0.25) is 4.79 Å². The summed E-state index contributed by atoms with van der Waals surface area (Å²) in [7, 11) is 0. The number of ether oxygens (including phenoxy) is 1. The lowest BCUT2D eigenvalue weighted by molar-refractivity contribution is -0.150. The number of allylic oxidation sites excluding steroid dienone is 1. The van der Waals surface area contributed by atoms with Gasteiger partial charge in [0.15, 0.2) is 0 Å². The maximum Gasteiger partial charge on any atom is 0.317 e. The molecule has 1 aromatic rings. The predicted octanol–water partition coefficient (Wildman–Crippen LogP) is 2.14. The van der Waals surface area contributed by atoms with Gasteiger partial charge < -0.3 is 13.9 Å². The minimum absolute atomic E-state index is 0.189. The lowest BCUT2D eigenvalue weighted by atomic mass is 9.72. The van der Waals surface area contributed by atoms with Crippen LogP contribution >= 0.6 is 0 Å². The average Bonchev–Trinajstić information content (AvgIpc) is 2.93. The van der Waals surface area contributed by atoms with Crippen LogP contribution in [0.25, 0.3) is 0 Å². The van der Waals surface area contributed by atoms with Gasteiger partial charge in [-0.25, -0.2) is 0 Å². The molecule has 4 rings (SSSR count). The number of hydrogen-bond acceptors (Lipinski definition) is 4. The number of esters is 1. The van der Waals surface area contributed by atoms with Gasteiger partial charge >= 0.3 is 5.97 Å². The lowest BCUT2D eigenvalue weighted by Gasteiger charge is -2.27. The highest BCUT2D eigenvalue weighted by molar-refractivity contribution is 5.88. The molecule has 1 saturated heterocycles. The fourth-order valence-electron chi connectivity index (χ4n) is 3.90. The molecular weight excluding hydrogens is 244 g/mol. The first-order valence-corrected chi connectivity index (χ1v) is 6.66. The number of rotatable bonds is 2. The van der Waals surface area contributed by atoms with Gasteiger partial charge in [-0.05, 0) is 30.4 Å². The van der Waals surface area contributed by atoms with Crippen molar-refractivity contribution in [2.24, 2.45) is 5.41 Å². The fraction of sp³-hybridized carbons (Fsp3) is 0.467. The van der Waals surface area contributed by atoms with Crippen molar-refractivity contribution in [2.75, 3.05) is 0 Å². The number of aldehydes is 1. The largest absolute Gasteiger partial charge is 0.472 e. The molecule has 98 valence electrons. The molecule has 4 nitrogen and oxygen atoms in total. The van der Waals surface area contributed by atoms with Gasteiger partial charge in [0.2, 0.25) is 0 Å². The normalized spacial score (nSPS) is 35.2. The molecule has 4 bridgehead atoms. The maximum absolute atomic E-state index is 12.3. The molecule has 19 heavy (non-hydrogen) atoms. The third-order valence-electron chi connectivity index (χ3n) is 4.79. The standard InChI is InChI=1S/C15H14O4/c16-5-4-15-6-9-7-18-8-11(9)10-2-1-3-12(15)13(10)19-14(15)17/h3,5,7-8,10,13H,1-2,4,6H2/t10-,13-,15-/m1/s1. The average molecular weight is 258 g/mol. The Balaban J connectivity index is 1.97. The highest BCUT2D eigenvalue weighted by atomic mass is 16.6.